The quantitative estimate of drug-likeness (QED) is 0.917. The Morgan fingerprint density at radius 3 is 2.35 bits per heavy atom. The Hall–Kier alpha value is -1.11. The summed E-state index contributed by atoms with van der Waals surface area (Å²) in [4.78, 5) is 0.221. The van der Waals surface area contributed by atoms with Gasteiger partial charge >= 0.3 is 0 Å². The van der Waals surface area contributed by atoms with Crippen molar-refractivity contribution >= 4 is 10.0 Å². The lowest BCUT2D eigenvalue weighted by Gasteiger charge is -2.34. The predicted octanol–water partition coefficient (Wildman–Crippen LogP) is 1.62. The third-order valence-corrected chi connectivity index (χ3v) is 5.79. The van der Waals surface area contributed by atoms with E-state index < -0.39 is 16.1 Å². The molecule has 2 atom stereocenters. The predicted molar refractivity (Wildman–Crippen MR) is 76.2 cm³/mol. The first kappa shape index (κ1) is 15.3. The van der Waals surface area contributed by atoms with Gasteiger partial charge in [-0.05, 0) is 37.1 Å². The van der Waals surface area contributed by atoms with Crippen molar-refractivity contribution in [3.63, 3.8) is 0 Å². The Morgan fingerprint density at radius 2 is 1.80 bits per heavy atom. The topological polar surface area (TPSA) is 66.8 Å². The zero-order chi connectivity index (χ0) is 14.8. The van der Waals surface area contributed by atoms with Crippen LogP contribution in [0, 0.1) is 0 Å². The molecule has 0 heterocycles. The van der Waals surface area contributed by atoms with E-state index in [2.05, 4.69) is 0 Å². The number of aliphatic hydroxyl groups excluding tert-OH is 1. The molecule has 1 saturated carbocycles. The number of nitrogens with zero attached hydrogens (tertiary/aromatic N) is 1. The molecule has 1 aromatic carbocycles. The van der Waals surface area contributed by atoms with Gasteiger partial charge in [0.1, 0.15) is 5.75 Å². The number of likely N-dealkylation sites (N-methyl/N-ethyl adjacent to an activating group) is 1. The summed E-state index contributed by atoms with van der Waals surface area (Å²) in [5.41, 5.74) is 0. The molecule has 20 heavy (non-hydrogen) atoms. The van der Waals surface area contributed by atoms with Gasteiger partial charge in [-0.1, -0.05) is 12.8 Å². The van der Waals surface area contributed by atoms with Crippen LogP contribution in [0.15, 0.2) is 29.2 Å². The molecule has 0 radical (unpaired) electrons. The molecular formula is C14H21NO4S. The van der Waals surface area contributed by atoms with E-state index in [1.165, 1.54) is 23.5 Å². The molecule has 112 valence electrons. The number of benzene rings is 1. The Morgan fingerprint density at radius 1 is 1.20 bits per heavy atom. The third kappa shape index (κ3) is 2.97. The Kier molecular flexibility index (Phi) is 4.67. The van der Waals surface area contributed by atoms with E-state index in [0.29, 0.717) is 18.6 Å². The summed E-state index contributed by atoms with van der Waals surface area (Å²) in [5, 5.41) is 10.0. The monoisotopic (exact) mass is 299 g/mol. The fraction of sp³-hybridized carbons (Fsp3) is 0.571. The normalized spacial score (nSPS) is 23.8. The number of hydrogen-bond donors (Lipinski definition) is 1. The van der Waals surface area contributed by atoms with Gasteiger partial charge in [-0.2, -0.15) is 4.31 Å². The Balaban J connectivity index is 2.23. The zero-order valence-corrected chi connectivity index (χ0v) is 12.6. The van der Waals surface area contributed by atoms with Crippen molar-refractivity contribution in [1.82, 2.24) is 4.31 Å². The van der Waals surface area contributed by atoms with Crippen LogP contribution in [-0.2, 0) is 10.0 Å². The van der Waals surface area contributed by atoms with Gasteiger partial charge < -0.3 is 9.84 Å². The summed E-state index contributed by atoms with van der Waals surface area (Å²) < 4.78 is 31.4. The number of sulfonamides is 1. The molecule has 0 aliphatic heterocycles. The standard InChI is InChI=1S/C14H21NO4S/c1-15(13-5-3-4-6-14(13)16)20(17,18)12-9-7-11(19-2)8-10-12/h7-10,13-14,16H,3-6H2,1-2H3/t13-,14-/m0/s1. The minimum Gasteiger partial charge on any atom is -0.497 e. The van der Waals surface area contributed by atoms with Crippen LogP contribution in [0.25, 0.3) is 0 Å². The van der Waals surface area contributed by atoms with E-state index in [1.807, 2.05) is 0 Å². The number of aliphatic hydroxyl groups is 1. The molecule has 0 unspecified atom stereocenters. The van der Waals surface area contributed by atoms with Crippen LogP contribution in [0.2, 0.25) is 0 Å². The summed E-state index contributed by atoms with van der Waals surface area (Å²) >= 11 is 0. The smallest absolute Gasteiger partial charge is 0.243 e. The fourth-order valence-electron chi connectivity index (χ4n) is 2.61. The average Bonchev–Trinajstić information content (AvgIpc) is 2.47. The van der Waals surface area contributed by atoms with E-state index in [9.17, 15) is 13.5 Å². The van der Waals surface area contributed by atoms with Gasteiger partial charge in [0.15, 0.2) is 0 Å². The summed E-state index contributed by atoms with van der Waals surface area (Å²) in [6, 6.07) is 5.96. The molecule has 1 fully saturated rings. The average molecular weight is 299 g/mol. The molecular weight excluding hydrogens is 278 g/mol. The number of methoxy groups -OCH3 is 1. The largest absolute Gasteiger partial charge is 0.497 e. The van der Waals surface area contributed by atoms with E-state index in [-0.39, 0.29) is 10.9 Å². The second kappa shape index (κ2) is 6.11. The van der Waals surface area contributed by atoms with Crippen LogP contribution in [-0.4, -0.2) is 44.1 Å². The first-order valence-electron chi connectivity index (χ1n) is 6.77. The van der Waals surface area contributed by atoms with Crippen LogP contribution >= 0.6 is 0 Å². The molecule has 0 amide bonds. The van der Waals surface area contributed by atoms with Gasteiger partial charge in [0.25, 0.3) is 0 Å². The van der Waals surface area contributed by atoms with Crippen molar-refractivity contribution in [2.45, 2.75) is 42.7 Å². The van der Waals surface area contributed by atoms with Crippen LogP contribution in [0.1, 0.15) is 25.7 Å². The molecule has 5 nitrogen and oxygen atoms in total. The highest BCUT2D eigenvalue weighted by molar-refractivity contribution is 7.89. The van der Waals surface area contributed by atoms with Gasteiger partial charge in [0, 0.05) is 7.05 Å². The SMILES string of the molecule is COc1ccc(S(=O)(=O)N(C)[C@H]2CCCC[C@@H]2O)cc1. The van der Waals surface area contributed by atoms with Crippen LogP contribution in [0.4, 0.5) is 0 Å². The lowest BCUT2D eigenvalue weighted by molar-refractivity contribution is 0.0638. The molecule has 1 aromatic rings. The molecule has 1 aliphatic carbocycles. The highest BCUT2D eigenvalue weighted by atomic mass is 32.2. The summed E-state index contributed by atoms with van der Waals surface area (Å²) in [7, 11) is -0.503. The molecule has 1 N–H and O–H groups in total. The number of rotatable bonds is 4. The Labute approximate surface area is 120 Å². The van der Waals surface area contributed by atoms with Gasteiger partial charge in [0.2, 0.25) is 10.0 Å². The first-order chi connectivity index (χ1) is 9.46. The summed E-state index contributed by atoms with van der Waals surface area (Å²) in [6.07, 6.45) is 2.68. The maximum absolute atomic E-state index is 12.6. The van der Waals surface area contributed by atoms with Crippen molar-refractivity contribution in [2.24, 2.45) is 0 Å². The summed E-state index contributed by atoms with van der Waals surface area (Å²) in [5.74, 6) is 0.615. The summed E-state index contributed by atoms with van der Waals surface area (Å²) in [6.45, 7) is 0. The van der Waals surface area contributed by atoms with Gasteiger partial charge in [-0.15, -0.1) is 0 Å². The molecule has 0 aromatic heterocycles. The minimum atomic E-state index is -3.58. The molecule has 0 saturated heterocycles. The number of ether oxygens (including phenoxy) is 1. The molecule has 2 rings (SSSR count). The van der Waals surface area contributed by atoms with Gasteiger partial charge in [-0.25, -0.2) is 8.42 Å². The van der Waals surface area contributed by atoms with E-state index in [1.54, 1.807) is 19.2 Å². The fourth-order valence-corrected chi connectivity index (χ4v) is 4.02. The second-order valence-electron chi connectivity index (χ2n) is 5.12. The van der Waals surface area contributed by atoms with Gasteiger partial charge in [0.05, 0.1) is 24.2 Å². The molecule has 6 heteroatoms. The van der Waals surface area contributed by atoms with Crippen molar-refractivity contribution in [2.75, 3.05) is 14.2 Å². The molecule has 1 aliphatic rings. The number of hydrogen-bond acceptors (Lipinski definition) is 4. The maximum Gasteiger partial charge on any atom is 0.243 e. The van der Waals surface area contributed by atoms with Gasteiger partial charge in [-0.3, -0.25) is 0 Å². The lowest BCUT2D eigenvalue weighted by Crippen LogP contribution is -2.46. The highest BCUT2D eigenvalue weighted by Gasteiger charge is 2.34. The maximum atomic E-state index is 12.6. The molecule has 0 spiro atoms. The Bertz CT molecular complexity index is 541. The highest BCUT2D eigenvalue weighted by Crippen LogP contribution is 2.27. The third-order valence-electron chi connectivity index (χ3n) is 3.90. The van der Waals surface area contributed by atoms with Crippen molar-refractivity contribution < 1.29 is 18.3 Å². The van der Waals surface area contributed by atoms with E-state index in [0.717, 1.165) is 12.8 Å². The van der Waals surface area contributed by atoms with Crippen LogP contribution < -0.4 is 4.74 Å². The first-order valence-corrected chi connectivity index (χ1v) is 8.21. The lowest BCUT2D eigenvalue weighted by atomic mass is 9.93. The zero-order valence-electron chi connectivity index (χ0n) is 11.8. The molecule has 0 bridgehead atoms. The van der Waals surface area contributed by atoms with Crippen molar-refractivity contribution in [3.8, 4) is 5.75 Å². The van der Waals surface area contributed by atoms with E-state index >= 15 is 0 Å². The van der Waals surface area contributed by atoms with Crippen LogP contribution in [0.3, 0.4) is 0 Å². The van der Waals surface area contributed by atoms with E-state index in [4.69, 9.17) is 4.74 Å². The van der Waals surface area contributed by atoms with Crippen molar-refractivity contribution in [1.29, 1.82) is 0 Å². The van der Waals surface area contributed by atoms with Crippen LogP contribution in [0.5, 0.6) is 5.75 Å². The minimum absolute atomic E-state index is 0.221. The second-order valence-corrected chi connectivity index (χ2v) is 7.11. The van der Waals surface area contributed by atoms with Crippen molar-refractivity contribution in [3.05, 3.63) is 24.3 Å².